The third-order valence-electron chi connectivity index (χ3n) is 4.03. The van der Waals surface area contributed by atoms with Crippen LogP contribution in [-0.4, -0.2) is 56.0 Å². The zero-order chi connectivity index (χ0) is 16.7. The van der Waals surface area contributed by atoms with E-state index in [4.69, 9.17) is 9.84 Å². The van der Waals surface area contributed by atoms with Gasteiger partial charge in [0.15, 0.2) is 6.54 Å². The Morgan fingerprint density at radius 1 is 0.909 bits per heavy atom. The van der Waals surface area contributed by atoms with E-state index >= 15 is 0 Å². The Morgan fingerprint density at radius 3 is 1.91 bits per heavy atom. The van der Waals surface area contributed by atoms with E-state index in [1.165, 1.54) is 57.8 Å². The minimum absolute atomic E-state index is 0.0996. The highest BCUT2D eigenvalue weighted by molar-refractivity contribution is 5.70. The molecule has 4 heteroatoms. The Balaban J connectivity index is 3.46. The number of aliphatic hydroxyl groups is 1. The first-order chi connectivity index (χ1) is 10.5. The Kier molecular flexibility index (Phi) is 13.6. The number of carbonyl (C=O) groups excluding carboxylic acids is 1. The van der Waals surface area contributed by atoms with Crippen molar-refractivity contribution in [3.63, 3.8) is 0 Å². The number of aliphatic hydroxyl groups excluding tert-OH is 1. The topological polar surface area (TPSA) is 46.5 Å². The van der Waals surface area contributed by atoms with Crippen molar-refractivity contribution in [2.75, 3.05) is 40.4 Å². The van der Waals surface area contributed by atoms with Crippen LogP contribution in [0.3, 0.4) is 0 Å². The van der Waals surface area contributed by atoms with Gasteiger partial charge in [0.25, 0.3) is 0 Å². The van der Waals surface area contributed by atoms with E-state index in [0.29, 0.717) is 11.0 Å². The van der Waals surface area contributed by atoms with Crippen molar-refractivity contribution >= 4 is 5.97 Å². The fraction of sp³-hybridized carbons (Fsp3) is 0.944. The SMILES string of the molecule is CCCCCCCCCCCC[N+](C)(C)CC(=O)OCCO. The summed E-state index contributed by atoms with van der Waals surface area (Å²) in [4.78, 5) is 11.6. The molecule has 0 rings (SSSR count). The molecule has 0 bridgehead atoms. The molecule has 0 fully saturated rings. The number of esters is 1. The van der Waals surface area contributed by atoms with Gasteiger partial charge in [-0.2, -0.15) is 0 Å². The molecule has 0 aliphatic heterocycles. The Bertz CT molecular complexity index is 267. The van der Waals surface area contributed by atoms with Gasteiger partial charge in [0, 0.05) is 0 Å². The standard InChI is InChI=1S/C18H38NO3/c1-4-5-6-7-8-9-10-11-12-13-14-19(2,3)17-18(21)22-16-15-20/h20H,4-17H2,1-3H3/q+1. The third-order valence-corrected chi connectivity index (χ3v) is 4.03. The molecule has 0 radical (unpaired) electrons. The smallest absolute Gasteiger partial charge is 0.361 e. The molecule has 0 aliphatic carbocycles. The molecule has 0 saturated carbocycles. The minimum Gasteiger partial charge on any atom is -0.459 e. The molecular weight excluding hydrogens is 278 g/mol. The van der Waals surface area contributed by atoms with Crippen molar-refractivity contribution in [3.05, 3.63) is 0 Å². The van der Waals surface area contributed by atoms with Gasteiger partial charge >= 0.3 is 5.97 Å². The summed E-state index contributed by atoms with van der Waals surface area (Å²) in [6.07, 6.45) is 13.3. The Morgan fingerprint density at radius 2 is 1.41 bits per heavy atom. The highest BCUT2D eigenvalue weighted by Gasteiger charge is 2.20. The summed E-state index contributed by atoms with van der Waals surface area (Å²) < 4.78 is 5.59. The molecule has 4 nitrogen and oxygen atoms in total. The van der Waals surface area contributed by atoms with Crippen LogP contribution in [-0.2, 0) is 9.53 Å². The monoisotopic (exact) mass is 316 g/mol. The van der Waals surface area contributed by atoms with Crippen LogP contribution < -0.4 is 0 Å². The van der Waals surface area contributed by atoms with E-state index in [0.717, 1.165) is 13.0 Å². The molecule has 0 aromatic carbocycles. The highest BCUT2D eigenvalue weighted by Crippen LogP contribution is 2.11. The Labute approximate surface area is 137 Å². The van der Waals surface area contributed by atoms with E-state index in [1.54, 1.807) is 0 Å². The molecule has 0 aromatic heterocycles. The number of unbranched alkanes of at least 4 members (excludes halogenated alkanes) is 9. The summed E-state index contributed by atoms with van der Waals surface area (Å²) in [6.45, 7) is 3.66. The minimum atomic E-state index is -0.217. The summed E-state index contributed by atoms with van der Waals surface area (Å²) in [5.74, 6) is -0.217. The van der Waals surface area contributed by atoms with E-state index in [9.17, 15) is 4.79 Å². The summed E-state index contributed by atoms with van der Waals surface area (Å²) in [5.41, 5.74) is 0. The second-order valence-corrected chi connectivity index (χ2v) is 6.94. The van der Waals surface area contributed by atoms with Crippen LogP contribution in [0.4, 0.5) is 0 Å². The van der Waals surface area contributed by atoms with Gasteiger partial charge in [-0.15, -0.1) is 0 Å². The maximum Gasteiger partial charge on any atom is 0.361 e. The van der Waals surface area contributed by atoms with Crippen LogP contribution in [0, 0.1) is 0 Å². The van der Waals surface area contributed by atoms with Crippen molar-refractivity contribution in [2.24, 2.45) is 0 Å². The molecule has 0 amide bonds. The number of quaternary nitrogens is 1. The summed E-state index contributed by atoms with van der Waals surface area (Å²) in [7, 11) is 4.13. The lowest BCUT2D eigenvalue weighted by atomic mass is 10.1. The average molecular weight is 317 g/mol. The second-order valence-electron chi connectivity index (χ2n) is 6.94. The summed E-state index contributed by atoms with van der Waals surface area (Å²) in [6, 6.07) is 0. The van der Waals surface area contributed by atoms with Gasteiger partial charge in [-0.05, 0) is 12.8 Å². The average Bonchev–Trinajstić information content (AvgIpc) is 2.46. The lowest BCUT2D eigenvalue weighted by Crippen LogP contribution is -2.45. The van der Waals surface area contributed by atoms with E-state index < -0.39 is 0 Å². The highest BCUT2D eigenvalue weighted by atomic mass is 16.5. The Hall–Kier alpha value is -0.610. The predicted octanol–water partition coefficient (Wildman–Crippen LogP) is 3.52. The van der Waals surface area contributed by atoms with Crippen LogP contribution in [0.1, 0.15) is 71.1 Å². The summed E-state index contributed by atoms with van der Waals surface area (Å²) >= 11 is 0. The molecule has 0 aliphatic rings. The normalized spacial score (nSPS) is 11.6. The van der Waals surface area contributed by atoms with Crippen molar-refractivity contribution in [3.8, 4) is 0 Å². The number of nitrogens with zero attached hydrogens (tertiary/aromatic N) is 1. The zero-order valence-electron chi connectivity index (χ0n) is 15.1. The molecule has 0 heterocycles. The van der Waals surface area contributed by atoms with E-state index in [1.807, 2.05) is 0 Å². The van der Waals surface area contributed by atoms with Crippen molar-refractivity contribution < 1.29 is 19.1 Å². The van der Waals surface area contributed by atoms with Gasteiger partial charge < -0.3 is 14.3 Å². The van der Waals surface area contributed by atoms with Crippen LogP contribution in [0.15, 0.2) is 0 Å². The van der Waals surface area contributed by atoms with Crippen molar-refractivity contribution in [1.29, 1.82) is 0 Å². The first kappa shape index (κ1) is 21.4. The van der Waals surface area contributed by atoms with Gasteiger partial charge in [-0.25, -0.2) is 4.79 Å². The van der Waals surface area contributed by atoms with E-state index in [-0.39, 0.29) is 19.2 Å². The van der Waals surface area contributed by atoms with Crippen LogP contribution in [0.5, 0.6) is 0 Å². The van der Waals surface area contributed by atoms with Crippen LogP contribution >= 0.6 is 0 Å². The van der Waals surface area contributed by atoms with Gasteiger partial charge in [-0.3, -0.25) is 0 Å². The number of hydrogen-bond acceptors (Lipinski definition) is 3. The molecule has 0 spiro atoms. The quantitative estimate of drug-likeness (QED) is 0.286. The molecule has 1 N–H and O–H groups in total. The number of likely N-dealkylation sites (N-methyl/N-ethyl adjacent to an activating group) is 1. The van der Waals surface area contributed by atoms with Gasteiger partial charge in [0.1, 0.15) is 6.61 Å². The van der Waals surface area contributed by atoms with Gasteiger partial charge in [0.2, 0.25) is 0 Å². The van der Waals surface area contributed by atoms with Gasteiger partial charge in [-0.1, -0.05) is 58.3 Å². The second kappa shape index (κ2) is 14.0. The fourth-order valence-electron chi connectivity index (χ4n) is 2.66. The number of ether oxygens (including phenoxy) is 1. The maximum atomic E-state index is 11.6. The summed E-state index contributed by atoms with van der Waals surface area (Å²) in [5, 5.41) is 8.64. The maximum absolute atomic E-state index is 11.6. The molecule has 22 heavy (non-hydrogen) atoms. The molecule has 0 aromatic rings. The van der Waals surface area contributed by atoms with Crippen molar-refractivity contribution in [1.82, 2.24) is 0 Å². The number of rotatable bonds is 15. The lowest BCUT2D eigenvalue weighted by Gasteiger charge is -2.28. The largest absolute Gasteiger partial charge is 0.459 e. The first-order valence-corrected chi connectivity index (χ1v) is 9.10. The fourth-order valence-corrected chi connectivity index (χ4v) is 2.66. The molecule has 132 valence electrons. The molecule has 0 saturated heterocycles. The molecular formula is C18H38NO3+. The lowest BCUT2D eigenvalue weighted by molar-refractivity contribution is -0.883. The van der Waals surface area contributed by atoms with Crippen LogP contribution in [0.25, 0.3) is 0 Å². The van der Waals surface area contributed by atoms with Crippen molar-refractivity contribution in [2.45, 2.75) is 71.1 Å². The zero-order valence-corrected chi connectivity index (χ0v) is 15.1. The molecule has 0 atom stereocenters. The van der Waals surface area contributed by atoms with Crippen LogP contribution in [0.2, 0.25) is 0 Å². The predicted molar refractivity (Wildman–Crippen MR) is 91.7 cm³/mol. The first-order valence-electron chi connectivity index (χ1n) is 9.10. The number of hydrogen-bond donors (Lipinski definition) is 1. The van der Waals surface area contributed by atoms with Gasteiger partial charge in [0.05, 0.1) is 27.2 Å². The molecule has 0 unspecified atom stereocenters. The number of carbonyl (C=O) groups is 1. The third kappa shape index (κ3) is 14.3. The van der Waals surface area contributed by atoms with E-state index in [2.05, 4.69) is 21.0 Å².